The van der Waals surface area contributed by atoms with E-state index in [-0.39, 0.29) is 17.5 Å². The van der Waals surface area contributed by atoms with Gasteiger partial charge in [0.25, 0.3) is 0 Å². The standard InChI is InChI=1S/C12H8BrFO2/c13-8-3-7-4-11(12(15)6-1-2-6)16-10(7)5-9(8)14/h3-6H,1-2H2. The fourth-order valence-electron chi connectivity index (χ4n) is 1.70. The Bertz CT molecular complexity index is 545. The molecule has 1 aliphatic rings. The molecular formula is C12H8BrFO2. The molecule has 2 nitrogen and oxygen atoms in total. The van der Waals surface area contributed by atoms with E-state index in [1.807, 2.05) is 0 Å². The zero-order valence-corrected chi connectivity index (χ0v) is 9.88. The van der Waals surface area contributed by atoms with Crippen LogP contribution in [-0.4, -0.2) is 5.78 Å². The fourth-order valence-corrected chi connectivity index (χ4v) is 2.06. The third kappa shape index (κ3) is 1.57. The number of rotatable bonds is 2. The number of ketones is 1. The first-order chi connectivity index (χ1) is 7.65. The van der Waals surface area contributed by atoms with Crippen LogP contribution >= 0.6 is 15.9 Å². The Kier molecular flexibility index (Phi) is 2.14. The number of hydrogen-bond acceptors (Lipinski definition) is 2. The van der Waals surface area contributed by atoms with Gasteiger partial charge in [-0.05, 0) is 40.9 Å². The molecule has 3 rings (SSSR count). The Balaban J connectivity index is 2.11. The Hall–Kier alpha value is -1.16. The van der Waals surface area contributed by atoms with Crippen molar-refractivity contribution < 1.29 is 13.6 Å². The van der Waals surface area contributed by atoms with Crippen LogP contribution < -0.4 is 0 Å². The molecule has 0 spiro atoms. The third-order valence-electron chi connectivity index (χ3n) is 2.75. The van der Waals surface area contributed by atoms with Gasteiger partial charge in [0.2, 0.25) is 5.78 Å². The lowest BCUT2D eigenvalue weighted by Crippen LogP contribution is -1.98. The number of fused-ring (bicyclic) bond motifs is 1. The van der Waals surface area contributed by atoms with Crippen molar-refractivity contribution in [1.82, 2.24) is 0 Å². The summed E-state index contributed by atoms with van der Waals surface area (Å²) in [5.74, 6) is 0.115. The van der Waals surface area contributed by atoms with E-state index in [0.29, 0.717) is 15.8 Å². The lowest BCUT2D eigenvalue weighted by Gasteiger charge is -1.92. The molecule has 0 atom stereocenters. The quantitative estimate of drug-likeness (QED) is 0.782. The largest absolute Gasteiger partial charge is 0.453 e. The van der Waals surface area contributed by atoms with E-state index in [1.165, 1.54) is 6.07 Å². The smallest absolute Gasteiger partial charge is 0.201 e. The van der Waals surface area contributed by atoms with E-state index in [0.717, 1.165) is 18.2 Å². The van der Waals surface area contributed by atoms with Crippen molar-refractivity contribution in [3.8, 4) is 0 Å². The molecular weight excluding hydrogens is 275 g/mol. The minimum absolute atomic E-state index is 0.0349. The topological polar surface area (TPSA) is 30.2 Å². The summed E-state index contributed by atoms with van der Waals surface area (Å²) in [5.41, 5.74) is 0.421. The monoisotopic (exact) mass is 282 g/mol. The van der Waals surface area contributed by atoms with Crippen LogP contribution in [0, 0.1) is 11.7 Å². The van der Waals surface area contributed by atoms with Gasteiger partial charge in [0.05, 0.1) is 4.47 Å². The molecule has 16 heavy (non-hydrogen) atoms. The van der Waals surface area contributed by atoms with Gasteiger partial charge in [0.15, 0.2) is 5.76 Å². The highest BCUT2D eigenvalue weighted by molar-refractivity contribution is 9.10. The lowest BCUT2D eigenvalue weighted by molar-refractivity contribution is 0.0942. The number of halogens is 2. The van der Waals surface area contributed by atoms with Crippen molar-refractivity contribution in [3.05, 3.63) is 34.2 Å². The molecule has 0 aliphatic heterocycles. The van der Waals surface area contributed by atoms with E-state index >= 15 is 0 Å². The molecule has 82 valence electrons. The fraction of sp³-hybridized carbons (Fsp3) is 0.250. The average molecular weight is 283 g/mol. The molecule has 4 heteroatoms. The maximum atomic E-state index is 13.2. The highest BCUT2D eigenvalue weighted by Gasteiger charge is 2.32. The predicted molar refractivity (Wildman–Crippen MR) is 60.9 cm³/mol. The maximum absolute atomic E-state index is 13.2. The molecule has 0 N–H and O–H groups in total. The van der Waals surface area contributed by atoms with E-state index in [9.17, 15) is 9.18 Å². The van der Waals surface area contributed by atoms with Gasteiger partial charge in [0, 0.05) is 17.4 Å². The lowest BCUT2D eigenvalue weighted by atomic mass is 10.2. The van der Waals surface area contributed by atoms with Gasteiger partial charge in [-0.15, -0.1) is 0 Å². The summed E-state index contributed by atoms with van der Waals surface area (Å²) in [6, 6.07) is 4.60. The van der Waals surface area contributed by atoms with Gasteiger partial charge >= 0.3 is 0 Å². The molecule has 0 bridgehead atoms. The molecule has 1 heterocycles. The van der Waals surface area contributed by atoms with Gasteiger partial charge in [-0.1, -0.05) is 0 Å². The number of furan rings is 1. The summed E-state index contributed by atoms with van der Waals surface area (Å²) >= 11 is 3.10. The Morgan fingerprint density at radius 2 is 2.12 bits per heavy atom. The molecule has 2 aromatic rings. The normalized spacial score (nSPS) is 15.6. The summed E-state index contributed by atoms with van der Waals surface area (Å²) < 4.78 is 19.0. The Labute approximate surface area is 99.6 Å². The first-order valence-corrected chi connectivity index (χ1v) is 5.87. The van der Waals surface area contributed by atoms with Gasteiger partial charge in [-0.3, -0.25) is 4.79 Å². The molecule has 0 unspecified atom stereocenters. The molecule has 0 radical (unpaired) electrons. The first kappa shape index (κ1) is 10.0. The second-order valence-corrected chi connectivity index (χ2v) is 4.91. The van der Waals surface area contributed by atoms with Crippen LogP contribution in [0.15, 0.2) is 27.1 Å². The highest BCUT2D eigenvalue weighted by Crippen LogP contribution is 2.34. The van der Waals surface area contributed by atoms with Gasteiger partial charge < -0.3 is 4.42 Å². The van der Waals surface area contributed by atoms with Crippen molar-refractivity contribution in [1.29, 1.82) is 0 Å². The van der Waals surface area contributed by atoms with Crippen LogP contribution in [0.5, 0.6) is 0 Å². The highest BCUT2D eigenvalue weighted by atomic mass is 79.9. The molecule has 1 saturated carbocycles. The van der Waals surface area contributed by atoms with Crippen molar-refractivity contribution in [2.45, 2.75) is 12.8 Å². The average Bonchev–Trinajstić information content (AvgIpc) is 3.01. The number of benzene rings is 1. The van der Waals surface area contributed by atoms with Gasteiger partial charge in [-0.2, -0.15) is 0 Å². The Morgan fingerprint density at radius 1 is 1.38 bits per heavy atom. The Morgan fingerprint density at radius 3 is 2.81 bits per heavy atom. The molecule has 1 aliphatic carbocycles. The zero-order chi connectivity index (χ0) is 11.3. The van der Waals surface area contributed by atoms with E-state index in [1.54, 1.807) is 12.1 Å². The van der Waals surface area contributed by atoms with Gasteiger partial charge in [-0.25, -0.2) is 4.39 Å². The van der Waals surface area contributed by atoms with Crippen molar-refractivity contribution in [2.75, 3.05) is 0 Å². The summed E-state index contributed by atoms with van der Waals surface area (Å²) in [7, 11) is 0. The third-order valence-corrected chi connectivity index (χ3v) is 3.36. The maximum Gasteiger partial charge on any atom is 0.201 e. The van der Waals surface area contributed by atoms with Crippen LogP contribution in [0.2, 0.25) is 0 Å². The summed E-state index contributed by atoms with van der Waals surface area (Å²) in [5, 5.41) is 0.747. The van der Waals surface area contributed by atoms with E-state index < -0.39 is 0 Å². The van der Waals surface area contributed by atoms with Crippen LogP contribution in [0.1, 0.15) is 23.4 Å². The van der Waals surface area contributed by atoms with Crippen LogP contribution in [0.3, 0.4) is 0 Å². The molecule has 1 aromatic carbocycles. The van der Waals surface area contributed by atoms with Crippen molar-refractivity contribution >= 4 is 32.7 Å². The van der Waals surface area contributed by atoms with Crippen molar-refractivity contribution in [2.24, 2.45) is 5.92 Å². The first-order valence-electron chi connectivity index (χ1n) is 5.08. The SMILES string of the molecule is O=C(c1cc2cc(Br)c(F)cc2o1)C1CC1. The number of Topliss-reactive ketones (excluding diaryl/α,β-unsaturated/α-hetero) is 1. The molecule has 0 amide bonds. The molecule has 1 fully saturated rings. The second-order valence-electron chi connectivity index (χ2n) is 4.05. The second kappa shape index (κ2) is 3.42. The summed E-state index contributed by atoms with van der Waals surface area (Å²) in [4.78, 5) is 11.7. The minimum Gasteiger partial charge on any atom is -0.453 e. The zero-order valence-electron chi connectivity index (χ0n) is 8.30. The van der Waals surface area contributed by atoms with E-state index in [4.69, 9.17) is 4.42 Å². The number of hydrogen-bond donors (Lipinski definition) is 0. The number of carbonyl (C=O) groups excluding carboxylic acids is 1. The van der Waals surface area contributed by atoms with Crippen molar-refractivity contribution in [3.63, 3.8) is 0 Å². The van der Waals surface area contributed by atoms with E-state index in [2.05, 4.69) is 15.9 Å². The van der Waals surface area contributed by atoms with Gasteiger partial charge in [0.1, 0.15) is 11.4 Å². The summed E-state index contributed by atoms with van der Waals surface area (Å²) in [6.45, 7) is 0. The van der Waals surface area contributed by atoms with Crippen LogP contribution in [-0.2, 0) is 0 Å². The number of carbonyl (C=O) groups is 1. The molecule has 0 saturated heterocycles. The minimum atomic E-state index is -0.382. The van der Waals surface area contributed by atoms with Crippen LogP contribution in [0.4, 0.5) is 4.39 Å². The predicted octanol–water partition coefficient (Wildman–Crippen LogP) is 3.93. The molecule has 1 aromatic heterocycles. The summed E-state index contributed by atoms with van der Waals surface area (Å²) in [6.07, 6.45) is 1.88. The van der Waals surface area contributed by atoms with Crippen LogP contribution in [0.25, 0.3) is 11.0 Å².